The summed E-state index contributed by atoms with van der Waals surface area (Å²) in [6.45, 7) is 4.87. The Labute approximate surface area is 99.4 Å². The Morgan fingerprint density at radius 2 is 1.88 bits per heavy atom. The standard InChI is InChI=1S/C14H25NO/c1-2-12-4-3-10-15(11-9-12)13-5-7-14(16)8-6-13/h12-13H,2-11H2,1H3. The number of nitrogens with zero attached hydrogens (tertiary/aromatic N) is 1. The molecule has 2 fully saturated rings. The van der Waals surface area contributed by atoms with E-state index in [0.29, 0.717) is 11.8 Å². The van der Waals surface area contributed by atoms with Crippen LogP contribution in [0.25, 0.3) is 0 Å². The van der Waals surface area contributed by atoms with Gasteiger partial charge in [0.25, 0.3) is 0 Å². The highest BCUT2D eigenvalue weighted by atomic mass is 16.1. The molecule has 0 aromatic rings. The van der Waals surface area contributed by atoms with Crippen molar-refractivity contribution in [2.45, 2.75) is 64.3 Å². The molecule has 2 nitrogen and oxygen atoms in total. The molecule has 1 heterocycles. The van der Waals surface area contributed by atoms with Crippen molar-refractivity contribution in [3.63, 3.8) is 0 Å². The van der Waals surface area contributed by atoms with Crippen LogP contribution in [0.2, 0.25) is 0 Å². The molecule has 2 aliphatic rings. The zero-order valence-corrected chi connectivity index (χ0v) is 10.6. The lowest BCUT2D eigenvalue weighted by molar-refractivity contribution is -0.121. The molecule has 2 rings (SSSR count). The Kier molecular flexibility index (Phi) is 4.39. The van der Waals surface area contributed by atoms with Crippen molar-refractivity contribution in [2.24, 2.45) is 5.92 Å². The number of rotatable bonds is 2. The van der Waals surface area contributed by atoms with Crippen molar-refractivity contribution in [1.29, 1.82) is 0 Å². The van der Waals surface area contributed by atoms with Gasteiger partial charge in [0.1, 0.15) is 5.78 Å². The summed E-state index contributed by atoms with van der Waals surface area (Å²) in [5.41, 5.74) is 0. The Hall–Kier alpha value is -0.370. The summed E-state index contributed by atoms with van der Waals surface area (Å²) < 4.78 is 0. The zero-order chi connectivity index (χ0) is 11.4. The average Bonchev–Trinajstić information content (AvgIpc) is 2.55. The molecule has 1 atom stereocenters. The highest BCUT2D eigenvalue weighted by Crippen LogP contribution is 2.26. The van der Waals surface area contributed by atoms with E-state index in [-0.39, 0.29) is 0 Å². The SMILES string of the molecule is CCC1CCCN(C2CCC(=O)CC2)CC1. The molecule has 0 bridgehead atoms. The number of carbonyl (C=O) groups is 1. The summed E-state index contributed by atoms with van der Waals surface area (Å²) in [4.78, 5) is 13.9. The topological polar surface area (TPSA) is 20.3 Å². The Balaban J connectivity index is 1.82. The largest absolute Gasteiger partial charge is 0.300 e. The first-order chi connectivity index (χ1) is 7.79. The van der Waals surface area contributed by atoms with Crippen LogP contribution < -0.4 is 0 Å². The molecule has 0 aromatic heterocycles. The minimum atomic E-state index is 0.484. The van der Waals surface area contributed by atoms with E-state index in [1.54, 1.807) is 0 Å². The summed E-state index contributed by atoms with van der Waals surface area (Å²) in [6, 6.07) is 0.716. The lowest BCUT2D eigenvalue weighted by Gasteiger charge is -2.33. The Bertz CT molecular complexity index is 229. The van der Waals surface area contributed by atoms with E-state index in [9.17, 15) is 4.79 Å². The molecule has 1 saturated carbocycles. The Morgan fingerprint density at radius 1 is 1.12 bits per heavy atom. The van der Waals surface area contributed by atoms with Gasteiger partial charge in [-0.05, 0) is 51.1 Å². The molecule has 1 saturated heterocycles. The van der Waals surface area contributed by atoms with Crippen molar-refractivity contribution >= 4 is 5.78 Å². The second kappa shape index (κ2) is 5.81. The van der Waals surface area contributed by atoms with Crippen LogP contribution in [0.4, 0.5) is 0 Å². The molecule has 0 spiro atoms. The second-order valence-electron chi connectivity index (χ2n) is 5.51. The highest BCUT2D eigenvalue weighted by molar-refractivity contribution is 5.79. The van der Waals surface area contributed by atoms with E-state index < -0.39 is 0 Å². The lowest BCUT2D eigenvalue weighted by Crippen LogP contribution is -2.38. The molecule has 16 heavy (non-hydrogen) atoms. The van der Waals surface area contributed by atoms with Crippen LogP contribution in [0, 0.1) is 5.92 Å². The van der Waals surface area contributed by atoms with E-state index in [1.807, 2.05) is 0 Å². The minimum Gasteiger partial charge on any atom is -0.300 e. The van der Waals surface area contributed by atoms with E-state index in [4.69, 9.17) is 0 Å². The van der Waals surface area contributed by atoms with Crippen LogP contribution in [0.3, 0.4) is 0 Å². The summed E-state index contributed by atoms with van der Waals surface area (Å²) >= 11 is 0. The quantitative estimate of drug-likeness (QED) is 0.717. The summed E-state index contributed by atoms with van der Waals surface area (Å²) in [5, 5.41) is 0. The van der Waals surface area contributed by atoms with E-state index in [2.05, 4.69) is 11.8 Å². The first kappa shape index (κ1) is 12.1. The Morgan fingerprint density at radius 3 is 2.56 bits per heavy atom. The molecule has 2 heteroatoms. The van der Waals surface area contributed by atoms with Crippen molar-refractivity contribution in [3.05, 3.63) is 0 Å². The third kappa shape index (κ3) is 3.07. The molecule has 0 N–H and O–H groups in total. The maximum atomic E-state index is 11.2. The number of Topliss-reactive ketones (excluding diaryl/α,β-unsaturated/α-hetero) is 1. The van der Waals surface area contributed by atoms with Crippen LogP contribution in [0.15, 0.2) is 0 Å². The maximum absolute atomic E-state index is 11.2. The normalized spacial score (nSPS) is 30.3. The minimum absolute atomic E-state index is 0.484. The van der Waals surface area contributed by atoms with Gasteiger partial charge in [-0.25, -0.2) is 0 Å². The molecular formula is C14H25NO. The van der Waals surface area contributed by atoms with Gasteiger partial charge in [-0.15, -0.1) is 0 Å². The fraction of sp³-hybridized carbons (Fsp3) is 0.929. The number of likely N-dealkylation sites (tertiary alicyclic amines) is 1. The number of hydrogen-bond acceptors (Lipinski definition) is 2. The van der Waals surface area contributed by atoms with E-state index >= 15 is 0 Å². The van der Waals surface area contributed by atoms with Gasteiger partial charge in [0.05, 0.1) is 0 Å². The van der Waals surface area contributed by atoms with Gasteiger partial charge in [-0.2, -0.15) is 0 Å². The van der Waals surface area contributed by atoms with E-state index in [0.717, 1.165) is 31.6 Å². The third-order valence-electron chi connectivity index (χ3n) is 4.49. The van der Waals surface area contributed by atoms with Gasteiger partial charge in [-0.1, -0.05) is 13.3 Å². The smallest absolute Gasteiger partial charge is 0.133 e. The van der Waals surface area contributed by atoms with Gasteiger partial charge < -0.3 is 4.90 Å². The van der Waals surface area contributed by atoms with Gasteiger partial charge >= 0.3 is 0 Å². The van der Waals surface area contributed by atoms with Crippen molar-refractivity contribution in [2.75, 3.05) is 13.1 Å². The molecule has 0 amide bonds. The predicted octanol–water partition coefficient (Wildman–Crippen LogP) is 3.01. The van der Waals surface area contributed by atoms with Gasteiger partial charge in [-0.3, -0.25) is 4.79 Å². The molecule has 0 radical (unpaired) electrons. The molecule has 92 valence electrons. The zero-order valence-electron chi connectivity index (χ0n) is 10.6. The summed E-state index contributed by atoms with van der Waals surface area (Å²) in [5.74, 6) is 1.44. The van der Waals surface area contributed by atoms with Gasteiger partial charge in [0, 0.05) is 18.9 Å². The second-order valence-corrected chi connectivity index (χ2v) is 5.51. The number of carbonyl (C=O) groups excluding carboxylic acids is 1. The predicted molar refractivity (Wildman–Crippen MR) is 66.5 cm³/mol. The monoisotopic (exact) mass is 223 g/mol. The maximum Gasteiger partial charge on any atom is 0.133 e. The van der Waals surface area contributed by atoms with Crippen molar-refractivity contribution < 1.29 is 4.79 Å². The van der Waals surface area contributed by atoms with Gasteiger partial charge in [0.15, 0.2) is 0 Å². The van der Waals surface area contributed by atoms with Crippen LogP contribution >= 0.6 is 0 Å². The molecule has 1 aliphatic carbocycles. The fourth-order valence-corrected chi connectivity index (χ4v) is 3.25. The van der Waals surface area contributed by atoms with Crippen LogP contribution in [-0.4, -0.2) is 29.8 Å². The third-order valence-corrected chi connectivity index (χ3v) is 4.49. The fourth-order valence-electron chi connectivity index (χ4n) is 3.25. The lowest BCUT2D eigenvalue weighted by atomic mass is 9.93. The summed E-state index contributed by atoms with van der Waals surface area (Å²) in [7, 11) is 0. The van der Waals surface area contributed by atoms with Crippen LogP contribution in [0.5, 0.6) is 0 Å². The van der Waals surface area contributed by atoms with Crippen LogP contribution in [0.1, 0.15) is 58.3 Å². The molecule has 1 unspecified atom stereocenters. The average molecular weight is 223 g/mol. The number of hydrogen-bond donors (Lipinski definition) is 0. The van der Waals surface area contributed by atoms with Gasteiger partial charge in [0.2, 0.25) is 0 Å². The molecule has 0 aromatic carbocycles. The highest BCUT2D eigenvalue weighted by Gasteiger charge is 2.26. The molecule has 1 aliphatic heterocycles. The van der Waals surface area contributed by atoms with E-state index in [1.165, 1.54) is 38.8 Å². The first-order valence-corrected chi connectivity index (χ1v) is 7.05. The van der Waals surface area contributed by atoms with Crippen molar-refractivity contribution in [1.82, 2.24) is 4.90 Å². The summed E-state index contributed by atoms with van der Waals surface area (Å²) in [6.07, 6.45) is 9.40. The van der Waals surface area contributed by atoms with Crippen LogP contribution in [-0.2, 0) is 4.79 Å². The first-order valence-electron chi connectivity index (χ1n) is 7.05. The van der Waals surface area contributed by atoms with Crippen molar-refractivity contribution in [3.8, 4) is 0 Å². The molecular weight excluding hydrogens is 198 g/mol. The number of ketones is 1.